The summed E-state index contributed by atoms with van der Waals surface area (Å²) in [6.45, 7) is 30.0. The van der Waals surface area contributed by atoms with Crippen LogP contribution in [0.3, 0.4) is 0 Å². The third kappa shape index (κ3) is 5350. The first kappa shape index (κ1) is 54.3. The summed E-state index contributed by atoms with van der Waals surface area (Å²) in [6, 6.07) is 0. The molecule has 0 radical (unpaired) electrons. The average Bonchev–Trinajstić information content (AvgIpc) is 2.30. The Hall–Kier alpha value is 0.720. The van der Waals surface area contributed by atoms with Crippen LogP contribution in [0.4, 0.5) is 0 Å². The number of rotatable bonds is 0. The maximum Gasteiger partial charge on any atom is 1.00 e. The van der Waals surface area contributed by atoms with E-state index in [0.29, 0.717) is 0 Å². The van der Waals surface area contributed by atoms with Crippen molar-refractivity contribution in [3.8, 4) is 0 Å². The Morgan fingerprint density at radius 2 is 0.562 bits per heavy atom. The molecule has 0 rings (SSSR count). The van der Waals surface area contributed by atoms with Crippen LogP contribution in [0.5, 0.6) is 0 Å². The van der Waals surface area contributed by atoms with Crippen LogP contribution in [-0.2, 0) is 4.57 Å². The molecule has 6 heteroatoms. The van der Waals surface area contributed by atoms with E-state index in [0.717, 1.165) is 0 Å². The second kappa shape index (κ2) is 246. The van der Waals surface area contributed by atoms with Crippen molar-refractivity contribution < 1.29 is 73.5 Å². The number of hydrogen-bond acceptors (Lipinski definition) is 3. The van der Waals surface area contributed by atoms with E-state index < -0.39 is 8.25 Å². The fourth-order valence-electron chi connectivity index (χ4n) is 0. The molecule has 0 aliphatic rings. The molecule has 0 heterocycles. The summed E-state index contributed by atoms with van der Waals surface area (Å²) in [6.07, 6.45) is 0. The Balaban J connectivity index is -0.00000000810. The van der Waals surface area contributed by atoms with Crippen molar-refractivity contribution in [2.75, 3.05) is 0 Å². The topological polar surface area (TPSA) is 63.2 Å². The van der Waals surface area contributed by atoms with Gasteiger partial charge in [0.25, 0.3) is 8.25 Å². The van der Waals surface area contributed by atoms with E-state index in [-0.39, 0.29) is 59.1 Å². The third-order valence-corrected chi connectivity index (χ3v) is 0. The van der Waals surface area contributed by atoms with Crippen LogP contribution in [0.25, 0.3) is 0 Å². The van der Waals surface area contributed by atoms with Crippen LogP contribution in [-0.4, -0.2) is 0 Å². The van der Waals surface area contributed by atoms with Gasteiger partial charge in [-0.05, 0) is 0 Å². The van der Waals surface area contributed by atoms with Gasteiger partial charge in [0.1, 0.15) is 0 Å². The summed E-state index contributed by atoms with van der Waals surface area (Å²) < 4.78 is 8.48. The van der Waals surface area contributed by atoms with E-state index in [4.69, 9.17) is 14.4 Å². The maximum absolute atomic E-state index is 8.48. The van der Waals surface area contributed by atoms with Crippen LogP contribution in [0.2, 0.25) is 0 Å². The first-order chi connectivity index (χ1) is 6.73. The molecule has 84 valence electrons. The van der Waals surface area contributed by atoms with Gasteiger partial charge < -0.3 is 9.79 Å². The van der Waals surface area contributed by atoms with Crippen LogP contribution in [0.1, 0.15) is 0 Å². The van der Waals surface area contributed by atoms with Crippen molar-refractivity contribution in [3.05, 3.63) is 65.8 Å². The van der Waals surface area contributed by atoms with Gasteiger partial charge in [0.2, 0.25) is 0 Å². The summed E-state index contributed by atoms with van der Waals surface area (Å²) in [5, 5.41) is 0. The summed E-state index contributed by atoms with van der Waals surface area (Å²) in [5.74, 6) is 0. The minimum absolute atomic E-state index is 0. The minimum Gasteiger partial charge on any atom is -0.598 e. The zero-order valence-corrected chi connectivity index (χ0v) is 15.6. The molecule has 0 N–H and O–H groups in total. The molecule has 0 aliphatic carbocycles. The van der Waals surface area contributed by atoms with Crippen LogP contribution in [0.15, 0.2) is 65.8 Å². The van der Waals surface area contributed by atoms with E-state index in [9.17, 15) is 0 Å². The molecule has 0 amide bonds. The monoisotopic (exact) mass is 265 g/mol. The first-order valence-corrected chi connectivity index (χ1v) is 4.14. The third-order valence-electron chi connectivity index (χ3n) is 0. The standard InChI is InChI=1S/5C2H4.2Na.HO3P/c5*1-2;;;1-4(2)3/h5*1-2H2;;;(H,1,2,3)/q;;;;;2*+1;/p-1. The molecule has 0 saturated heterocycles. The molecule has 0 aromatic rings. The normalized spacial score (nSPS) is 2.88. The predicted octanol–water partition coefficient (Wildman–Crippen LogP) is -3.62. The summed E-state index contributed by atoms with van der Waals surface area (Å²) in [7, 11) is -3.37. The fraction of sp³-hybridized carbons (Fsp3) is 0. The molecule has 16 heavy (non-hydrogen) atoms. The van der Waals surface area contributed by atoms with Gasteiger partial charge >= 0.3 is 59.1 Å². The largest absolute Gasteiger partial charge is 1.00 e. The molecule has 0 atom stereocenters. The van der Waals surface area contributed by atoms with Crippen molar-refractivity contribution in [2.45, 2.75) is 0 Å². The van der Waals surface area contributed by atoms with E-state index in [1.165, 1.54) is 0 Å². The summed E-state index contributed by atoms with van der Waals surface area (Å²) >= 11 is 0. The molecule has 3 nitrogen and oxygen atoms in total. The minimum atomic E-state index is -3.37. The Kier molecular flexibility index (Phi) is 836. The molecule has 0 saturated carbocycles. The molecule has 0 fully saturated rings. The molecular formula is C10H20Na2O3P+. The SMILES string of the molecule is C=C.C=C.C=C.C=C.C=C.O=[P+]([O-])[O-].[Na+].[Na+]. The maximum atomic E-state index is 8.48. The van der Waals surface area contributed by atoms with Gasteiger partial charge in [-0.3, -0.25) is 0 Å². The molecule has 0 aliphatic heterocycles. The Bertz CT molecular complexity index is 80.5. The molecule has 0 aromatic carbocycles. The van der Waals surface area contributed by atoms with Crippen molar-refractivity contribution in [1.29, 1.82) is 0 Å². The van der Waals surface area contributed by atoms with Gasteiger partial charge in [-0.25, -0.2) is 0 Å². The fourth-order valence-corrected chi connectivity index (χ4v) is 0. The van der Waals surface area contributed by atoms with E-state index in [1.54, 1.807) is 0 Å². The van der Waals surface area contributed by atoms with Crippen molar-refractivity contribution in [2.24, 2.45) is 0 Å². The van der Waals surface area contributed by atoms with Crippen LogP contribution < -0.4 is 68.9 Å². The van der Waals surface area contributed by atoms with Crippen molar-refractivity contribution in [1.82, 2.24) is 0 Å². The van der Waals surface area contributed by atoms with Crippen LogP contribution in [0, 0.1) is 0 Å². The molecule has 0 spiro atoms. The Morgan fingerprint density at radius 1 is 0.562 bits per heavy atom. The first-order valence-electron chi connectivity index (χ1n) is 3.05. The van der Waals surface area contributed by atoms with Gasteiger partial charge in [0, 0.05) is 0 Å². The number of hydrogen-bond donors (Lipinski definition) is 0. The quantitative estimate of drug-likeness (QED) is 0.258. The average molecular weight is 265 g/mol. The summed E-state index contributed by atoms with van der Waals surface area (Å²) in [5.41, 5.74) is 0. The van der Waals surface area contributed by atoms with E-state index in [2.05, 4.69) is 65.8 Å². The smallest absolute Gasteiger partial charge is 0.598 e. The Morgan fingerprint density at radius 3 is 0.562 bits per heavy atom. The van der Waals surface area contributed by atoms with Gasteiger partial charge in [0.05, 0.1) is 0 Å². The zero-order chi connectivity index (χ0) is 13.6. The summed E-state index contributed by atoms with van der Waals surface area (Å²) in [4.78, 5) is 17.0. The van der Waals surface area contributed by atoms with Gasteiger partial charge in [-0.15, -0.1) is 65.8 Å². The van der Waals surface area contributed by atoms with E-state index >= 15 is 0 Å². The molecule has 0 aromatic heterocycles. The molecule has 0 bridgehead atoms. The van der Waals surface area contributed by atoms with Gasteiger partial charge in [0.15, 0.2) is 0 Å². The van der Waals surface area contributed by atoms with Crippen molar-refractivity contribution in [3.63, 3.8) is 0 Å². The second-order valence-corrected chi connectivity index (χ2v) is 0.671. The molecular weight excluding hydrogens is 245 g/mol. The Labute approximate surface area is 146 Å². The van der Waals surface area contributed by atoms with Crippen molar-refractivity contribution >= 4 is 8.25 Å². The van der Waals surface area contributed by atoms with Gasteiger partial charge in [-0.1, -0.05) is 4.57 Å². The van der Waals surface area contributed by atoms with E-state index in [1.807, 2.05) is 0 Å². The molecule has 0 unspecified atom stereocenters. The predicted molar refractivity (Wildman–Crippen MR) is 63.9 cm³/mol. The zero-order valence-electron chi connectivity index (χ0n) is 10.7. The van der Waals surface area contributed by atoms with Crippen LogP contribution >= 0.6 is 8.25 Å². The second-order valence-electron chi connectivity index (χ2n) is 0.224. The van der Waals surface area contributed by atoms with Gasteiger partial charge in [-0.2, -0.15) is 0 Å².